The van der Waals surface area contributed by atoms with Gasteiger partial charge in [-0.3, -0.25) is 0 Å². The summed E-state index contributed by atoms with van der Waals surface area (Å²) in [5.41, 5.74) is 10.2. The van der Waals surface area contributed by atoms with Gasteiger partial charge < -0.3 is 5.73 Å². The second-order valence-electron chi connectivity index (χ2n) is 4.80. The van der Waals surface area contributed by atoms with Gasteiger partial charge in [0.05, 0.1) is 0 Å². The average Bonchev–Trinajstić information content (AvgIpc) is 2.38. The maximum atomic E-state index is 6.29. The summed E-state index contributed by atoms with van der Waals surface area (Å²) >= 11 is 6.29. The van der Waals surface area contributed by atoms with Gasteiger partial charge in [-0.15, -0.1) is 0 Å². The molecule has 0 aliphatic heterocycles. The number of hydrogen-bond donors (Lipinski definition) is 1. The van der Waals surface area contributed by atoms with Gasteiger partial charge in [0.1, 0.15) is 0 Å². The van der Waals surface area contributed by atoms with Crippen molar-refractivity contribution < 1.29 is 0 Å². The van der Waals surface area contributed by atoms with Gasteiger partial charge in [-0.25, -0.2) is 0 Å². The van der Waals surface area contributed by atoms with Gasteiger partial charge in [-0.2, -0.15) is 0 Å². The van der Waals surface area contributed by atoms with Crippen LogP contribution in [-0.2, 0) is 6.54 Å². The fourth-order valence-corrected chi connectivity index (χ4v) is 2.28. The van der Waals surface area contributed by atoms with Gasteiger partial charge in [0, 0.05) is 17.1 Å². The highest BCUT2D eigenvalue weighted by Crippen LogP contribution is 2.29. The van der Waals surface area contributed by atoms with Crippen LogP contribution in [0.3, 0.4) is 0 Å². The zero-order chi connectivity index (χ0) is 13.1. The van der Waals surface area contributed by atoms with Crippen LogP contribution in [0, 0.1) is 0 Å². The summed E-state index contributed by atoms with van der Waals surface area (Å²) in [6, 6.07) is 14.6. The zero-order valence-electron chi connectivity index (χ0n) is 10.8. The molecule has 2 rings (SSSR count). The van der Waals surface area contributed by atoms with Crippen LogP contribution in [0.1, 0.15) is 30.9 Å². The Morgan fingerprint density at radius 1 is 1.06 bits per heavy atom. The van der Waals surface area contributed by atoms with Gasteiger partial charge in [-0.1, -0.05) is 61.8 Å². The van der Waals surface area contributed by atoms with Gasteiger partial charge >= 0.3 is 0 Å². The monoisotopic (exact) mass is 259 g/mol. The van der Waals surface area contributed by atoms with E-state index >= 15 is 0 Å². The average molecular weight is 260 g/mol. The van der Waals surface area contributed by atoms with E-state index in [0.29, 0.717) is 12.5 Å². The first kappa shape index (κ1) is 13.1. The smallest absolute Gasteiger partial charge is 0.0487 e. The van der Waals surface area contributed by atoms with Crippen LogP contribution in [0.2, 0.25) is 5.02 Å². The van der Waals surface area contributed by atoms with Crippen molar-refractivity contribution in [2.75, 3.05) is 0 Å². The third-order valence-electron chi connectivity index (χ3n) is 3.16. The van der Waals surface area contributed by atoms with E-state index in [9.17, 15) is 0 Å². The van der Waals surface area contributed by atoms with Crippen LogP contribution in [0.25, 0.3) is 11.1 Å². The highest BCUT2D eigenvalue weighted by atomic mass is 35.5. The number of hydrogen-bond acceptors (Lipinski definition) is 1. The molecular weight excluding hydrogens is 242 g/mol. The molecule has 1 nitrogen and oxygen atoms in total. The first-order valence-corrected chi connectivity index (χ1v) is 6.58. The van der Waals surface area contributed by atoms with Crippen LogP contribution in [0.4, 0.5) is 0 Å². The van der Waals surface area contributed by atoms with Gasteiger partial charge in [-0.05, 0) is 28.7 Å². The Bertz CT molecular complexity index is 529. The lowest BCUT2D eigenvalue weighted by Gasteiger charge is -2.09. The molecule has 2 aromatic rings. The van der Waals surface area contributed by atoms with Crippen LogP contribution in [0.5, 0.6) is 0 Å². The minimum atomic E-state index is 0.520. The predicted octanol–water partition coefficient (Wildman–Crippen LogP) is 4.59. The molecular formula is C16H18ClN. The molecule has 0 aromatic heterocycles. The Labute approximate surface area is 114 Å². The fraction of sp³-hybridized carbons (Fsp3) is 0.250. The zero-order valence-corrected chi connectivity index (χ0v) is 11.5. The van der Waals surface area contributed by atoms with Crippen LogP contribution in [-0.4, -0.2) is 0 Å². The molecule has 2 heteroatoms. The van der Waals surface area contributed by atoms with Gasteiger partial charge in [0.2, 0.25) is 0 Å². The summed E-state index contributed by atoms with van der Waals surface area (Å²) < 4.78 is 0. The minimum Gasteiger partial charge on any atom is -0.326 e. The first-order valence-electron chi connectivity index (χ1n) is 6.20. The summed E-state index contributed by atoms with van der Waals surface area (Å²) in [5.74, 6) is 0.550. The first-order chi connectivity index (χ1) is 8.61. The summed E-state index contributed by atoms with van der Waals surface area (Å²) in [6.45, 7) is 4.91. The van der Waals surface area contributed by atoms with E-state index in [1.165, 1.54) is 5.56 Å². The van der Waals surface area contributed by atoms with Crippen LogP contribution < -0.4 is 5.73 Å². The summed E-state index contributed by atoms with van der Waals surface area (Å²) in [6.07, 6.45) is 0. The fourth-order valence-electron chi connectivity index (χ4n) is 1.97. The molecule has 0 fully saturated rings. The van der Waals surface area contributed by atoms with E-state index < -0.39 is 0 Å². The molecule has 0 amide bonds. The molecule has 0 heterocycles. The van der Waals surface area contributed by atoms with E-state index in [1.54, 1.807) is 0 Å². The van der Waals surface area contributed by atoms with Crippen molar-refractivity contribution in [1.29, 1.82) is 0 Å². The van der Waals surface area contributed by atoms with E-state index in [-0.39, 0.29) is 0 Å². The summed E-state index contributed by atoms with van der Waals surface area (Å²) in [5, 5.41) is 0.759. The van der Waals surface area contributed by atoms with Crippen molar-refractivity contribution in [3.8, 4) is 11.1 Å². The van der Waals surface area contributed by atoms with E-state index in [2.05, 4.69) is 38.1 Å². The van der Waals surface area contributed by atoms with Crippen LogP contribution in [0.15, 0.2) is 42.5 Å². The van der Waals surface area contributed by atoms with E-state index in [1.807, 2.05) is 18.2 Å². The largest absolute Gasteiger partial charge is 0.326 e. The quantitative estimate of drug-likeness (QED) is 0.857. The number of benzene rings is 2. The van der Waals surface area contributed by atoms with Crippen molar-refractivity contribution in [3.63, 3.8) is 0 Å². The molecule has 0 bridgehead atoms. The maximum absolute atomic E-state index is 6.29. The third-order valence-corrected chi connectivity index (χ3v) is 3.47. The maximum Gasteiger partial charge on any atom is 0.0487 e. The molecule has 0 aliphatic carbocycles. The van der Waals surface area contributed by atoms with Crippen molar-refractivity contribution in [2.45, 2.75) is 26.3 Å². The predicted molar refractivity (Wildman–Crippen MR) is 78.9 cm³/mol. The molecule has 0 radical (unpaired) electrons. The number of halogens is 1. The summed E-state index contributed by atoms with van der Waals surface area (Å²) in [4.78, 5) is 0. The normalized spacial score (nSPS) is 10.9. The molecule has 0 atom stereocenters. The van der Waals surface area contributed by atoms with Crippen molar-refractivity contribution >= 4 is 11.6 Å². The van der Waals surface area contributed by atoms with E-state index in [0.717, 1.165) is 21.7 Å². The van der Waals surface area contributed by atoms with Crippen molar-refractivity contribution in [2.24, 2.45) is 5.73 Å². The Morgan fingerprint density at radius 2 is 1.72 bits per heavy atom. The Kier molecular flexibility index (Phi) is 4.05. The van der Waals surface area contributed by atoms with E-state index in [4.69, 9.17) is 17.3 Å². The lowest BCUT2D eigenvalue weighted by Crippen LogP contribution is -1.96. The molecule has 0 aliphatic rings. The molecule has 0 spiro atoms. The second-order valence-corrected chi connectivity index (χ2v) is 5.20. The lowest BCUT2D eigenvalue weighted by atomic mass is 9.98. The van der Waals surface area contributed by atoms with Crippen molar-refractivity contribution in [1.82, 2.24) is 0 Å². The highest BCUT2D eigenvalue weighted by Gasteiger charge is 2.05. The summed E-state index contributed by atoms with van der Waals surface area (Å²) in [7, 11) is 0. The molecule has 0 unspecified atom stereocenters. The van der Waals surface area contributed by atoms with Crippen molar-refractivity contribution in [3.05, 3.63) is 58.6 Å². The second kappa shape index (κ2) is 5.55. The molecule has 2 aromatic carbocycles. The Hall–Kier alpha value is -1.31. The third kappa shape index (κ3) is 2.74. The molecule has 18 heavy (non-hydrogen) atoms. The lowest BCUT2D eigenvalue weighted by molar-refractivity contribution is 0.867. The molecule has 2 N–H and O–H groups in total. The molecule has 0 saturated heterocycles. The van der Waals surface area contributed by atoms with Gasteiger partial charge in [0.25, 0.3) is 0 Å². The Morgan fingerprint density at radius 3 is 2.22 bits per heavy atom. The standard InChI is InChI=1S/C16H18ClN/c1-11(2)13-4-6-14(7-5-13)15-8-3-12(10-18)9-16(15)17/h3-9,11H,10,18H2,1-2H3. The Balaban J connectivity index is 2.36. The van der Waals surface area contributed by atoms with Gasteiger partial charge in [0.15, 0.2) is 0 Å². The number of nitrogens with two attached hydrogens (primary N) is 1. The topological polar surface area (TPSA) is 26.0 Å². The molecule has 94 valence electrons. The molecule has 0 saturated carbocycles. The SMILES string of the molecule is CC(C)c1ccc(-c2ccc(CN)cc2Cl)cc1. The van der Waals surface area contributed by atoms with Crippen LogP contribution >= 0.6 is 11.6 Å². The highest BCUT2D eigenvalue weighted by molar-refractivity contribution is 6.33. The number of rotatable bonds is 3. The minimum absolute atomic E-state index is 0.520.